The SMILES string of the molecule is Cc1nnc2n1C[C@H](CN[C@H](C(N)=O)c1ccc(F)cc1)CC2. The average Bonchev–Trinajstić information content (AvgIpc) is 2.90. The maximum atomic E-state index is 13.0. The minimum absolute atomic E-state index is 0.333. The molecule has 0 spiro atoms. The number of hydrogen-bond donors (Lipinski definition) is 2. The van der Waals surface area contributed by atoms with Gasteiger partial charge in [-0.15, -0.1) is 10.2 Å². The molecule has 1 aromatic heterocycles. The zero-order valence-electron chi connectivity index (χ0n) is 13.0. The molecule has 1 aliphatic rings. The Bertz CT molecular complexity index is 697. The Morgan fingerprint density at radius 2 is 2.17 bits per heavy atom. The van der Waals surface area contributed by atoms with E-state index in [1.165, 1.54) is 12.1 Å². The summed E-state index contributed by atoms with van der Waals surface area (Å²) in [6.07, 6.45) is 1.87. The van der Waals surface area contributed by atoms with Gasteiger partial charge in [-0.05, 0) is 37.0 Å². The molecule has 0 saturated carbocycles. The maximum absolute atomic E-state index is 13.0. The summed E-state index contributed by atoms with van der Waals surface area (Å²) in [6.45, 7) is 3.43. The lowest BCUT2D eigenvalue weighted by Gasteiger charge is -2.26. The van der Waals surface area contributed by atoms with Crippen LogP contribution < -0.4 is 11.1 Å². The van der Waals surface area contributed by atoms with Gasteiger partial charge in [-0.1, -0.05) is 12.1 Å². The number of primary amides is 1. The van der Waals surface area contributed by atoms with Crippen molar-refractivity contribution in [3.8, 4) is 0 Å². The smallest absolute Gasteiger partial charge is 0.239 e. The van der Waals surface area contributed by atoms with E-state index >= 15 is 0 Å². The second-order valence-electron chi connectivity index (χ2n) is 5.97. The summed E-state index contributed by atoms with van der Waals surface area (Å²) in [5, 5.41) is 11.5. The second kappa shape index (κ2) is 6.45. The van der Waals surface area contributed by atoms with E-state index in [0.717, 1.165) is 31.0 Å². The van der Waals surface area contributed by atoms with Crippen molar-refractivity contribution in [2.24, 2.45) is 11.7 Å². The van der Waals surface area contributed by atoms with Crippen LogP contribution in [0.3, 0.4) is 0 Å². The molecule has 0 radical (unpaired) electrons. The Morgan fingerprint density at radius 1 is 1.43 bits per heavy atom. The van der Waals surface area contributed by atoms with Crippen LogP contribution in [-0.2, 0) is 17.8 Å². The van der Waals surface area contributed by atoms with Gasteiger partial charge >= 0.3 is 0 Å². The van der Waals surface area contributed by atoms with Gasteiger partial charge in [0, 0.05) is 19.5 Å². The fourth-order valence-corrected chi connectivity index (χ4v) is 3.02. The Morgan fingerprint density at radius 3 is 2.87 bits per heavy atom. The Kier molecular flexibility index (Phi) is 4.38. The van der Waals surface area contributed by atoms with Crippen LogP contribution in [0, 0.1) is 18.7 Å². The molecular weight excluding hydrogens is 297 g/mol. The zero-order chi connectivity index (χ0) is 16.4. The molecule has 1 amide bonds. The number of carbonyl (C=O) groups excluding carboxylic acids is 1. The predicted octanol–water partition coefficient (Wildman–Crippen LogP) is 1.10. The van der Waals surface area contributed by atoms with Gasteiger partial charge in [0.2, 0.25) is 5.91 Å². The number of benzene rings is 1. The number of rotatable bonds is 5. The molecule has 122 valence electrons. The van der Waals surface area contributed by atoms with E-state index in [0.29, 0.717) is 18.0 Å². The van der Waals surface area contributed by atoms with Crippen molar-refractivity contribution < 1.29 is 9.18 Å². The van der Waals surface area contributed by atoms with E-state index in [-0.39, 0.29) is 5.82 Å². The maximum Gasteiger partial charge on any atom is 0.239 e. The number of aryl methyl sites for hydroxylation is 2. The van der Waals surface area contributed by atoms with Gasteiger partial charge < -0.3 is 15.6 Å². The molecule has 0 bridgehead atoms. The third kappa shape index (κ3) is 3.39. The number of halogens is 1. The van der Waals surface area contributed by atoms with Gasteiger partial charge in [0.05, 0.1) is 0 Å². The summed E-state index contributed by atoms with van der Waals surface area (Å²) in [5.74, 6) is 1.51. The molecular formula is C16H20FN5O. The minimum atomic E-state index is -0.612. The highest BCUT2D eigenvalue weighted by Gasteiger charge is 2.24. The van der Waals surface area contributed by atoms with Crippen molar-refractivity contribution in [1.29, 1.82) is 0 Å². The Hall–Kier alpha value is -2.28. The third-order valence-corrected chi connectivity index (χ3v) is 4.33. The fourth-order valence-electron chi connectivity index (χ4n) is 3.02. The second-order valence-corrected chi connectivity index (χ2v) is 5.97. The quantitative estimate of drug-likeness (QED) is 0.865. The van der Waals surface area contributed by atoms with Crippen LogP contribution in [0.1, 0.15) is 29.7 Å². The predicted molar refractivity (Wildman–Crippen MR) is 82.9 cm³/mol. The number of nitrogens with two attached hydrogens (primary N) is 1. The first-order chi connectivity index (χ1) is 11.0. The summed E-state index contributed by atoms with van der Waals surface area (Å²) in [5.41, 5.74) is 6.16. The molecule has 1 aliphatic heterocycles. The first kappa shape index (κ1) is 15.6. The molecule has 0 fully saturated rings. The van der Waals surface area contributed by atoms with Crippen LogP contribution in [0.2, 0.25) is 0 Å². The summed E-state index contributed by atoms with van der Waals surface area (Å²) >= 11 is 0. The molecule has 23 heavy (non-hydrogen) atoms. The highest BCUT2D eigenvalue weighted by Crippen LogP contribution is 2.21. The highest BCUT2D eigenvalue weighted by molar-refractivity contribution is 5.81. The molecule has 0 unspecified atom stereocenters. The lowest BCUT2D eigenvalue weighted by Crippen LogP contribution is -2.38. The van der Waals surface area contributed by atoms with Gasteiger partial charge in [0.25, 0.3) is 0 Å². The first-order valence-electron chi connectivity index (χ1n) is 7.71. The van der Waals surface area contributed by atoms with E-state index in [9.17, 15) is 9.18 Å². The van der Waals surface area contributed by atoms with Gasteiger partial charge in [-0.2, -0.15) is 0 Å². The molecule has 2 heterocycles. The molecule has 7 heteroatoms. The number of carbonyl (C=O) groups is 1. The molecule has 2 atom stereocenters. The number of aromatic nitrogens is 3. The van der Waals surface area contributed by atoms with Crippen molar-refractivity contribution in [1.82, 2.24) is 20.1 Å². The van der Waals surface area contributed by atoms with Crippen LogP contribution in [0.4, 0.5) is 4.39 Å². The molecule has 1 aromatic carbocycles. The van der Waals surface area contributed by atoms with Crippen LogP contribution in [0.15, 0.2) is 24.3 Å². The van der Waals surface area contributed by atoms with E-state index in [2.05, 4.69) is 20.1 Å². The molecule has 3 N–H and O–H groups in total. The van der Waals surface area contributed by atoms with Crippen LogP contribution in [0.5, 0.6) is 0 Å². The minimum Gasteiger partial charge on any atom is -0.368 e. The first-order valence-corrected chi connectivity index (χ1v) is 7.71. The van der Waals surface area contributed by atoms with Crippen LogP contribution in [0.25, 0.3) is 0 Å². The van der Waals surface area contributed by atoms with Gasteiger partial charge in [0.1, 0.15) is 23.5 Å². The monoisotopic (exact) mass is 317 g/mol. The molecule has 6 nitrogen and oxygen atoms in total. The standard InChI is InChI=1S/C16H20FN5O/c1-10-20-21-14-7-2-11(9-22(10)14)8-19-15(16(18)23)12-3-5-13(17)6-4-12/h3-6,11,15,19H,2,7-9H2,1H3,(H2,18,23)/t11-,15-/m0/s1. The lowest BCUT2D eigenvalue weighted by atomic mass is 9.98. The van der Waals surface area contributed by atoms with Crippen molar-refractivity contribution in [2.75, 3.05) is 6.54 Å². The van der Waals surface area contributed by atoms with Crippen molar-refractivity contribution in [3.05, 3.63) is 47.3 Å². The van der Waals surface area contributed by atoms with E-state index < -0.39 is 11.9 Å². The normalized spacial score (nSPS) is 18.4. The fraction of sp³-hybridized carbons (Fsp3) is 0.438. The largest absolute Gasteiger partial charge is 0.368 e. The lowest BCUT2D eigenvalue weighted by molar-refractivity contribution is -0.120. The highest BCUT2D eigenvalue weighted by atomic mass is 19.1. The summed E-state index contributed by atoms with van der Waals surface area (Å²) in [4.78, 5) is 11.7. The molecule has 0 aliphatic carbocycles. The van der Waals surface area contributed by atoms with Crippen molar-refractivity contribution >= 4 is 5.91 Å². The molecule has 3 rings (SSSR count). The van der Waals surface area contributed by atoms with Crippen LogP contribution >= 0.6 is 0 Å². The van der Waals surface area contributed by atoms with Gasteiger partial charge in [-0.3, -0.25) is 4.79 Å². The average molecular weight is 317 g/mol. The topological polar surface area (TPSA) is 85.8 Å². The number of nitrogens with one attached hydrogen (secondary N) is 1. The molecule has 2 aromatic rings. The summed E-state index contributed by atoms with van der Waals surface area (Å²) in [7, 11) is 0. The van der Waals surface area contributed by atoms with Crippen LogP contribution in [-0.4, -0.2) is 27.2 Å². The summed E-state index contributed by atoms with van der Waals surface area (Å²) < 4.78 is 15.1. The Labute approximate surface area is 133 Å². The van der Waals surface area contributed by atoms with Gasteiger partial charge in [-0.25, -0.2) is 4.39 Å². The number of hydrogen-bond acceptors (Lipinski definition) is 4. The Balaban J connectivity index is 1.65. The summed E-state index contributed by atoms with van der Waals surface area (Å²) in [6, 6.07) is 5.22. The van der Waals surface area contributed by atoms with E-state index in [1.807, 2.05) is 6.92 Å². The molecule has 0 saturated heterocycles. The van der Waals surface area contributed by atoms with E-state index in [4.69, 9.17) is 5.73 Å². The number of fused-ring (bicyclic) bond motifs is 1. The van der Waals surface area contributed by atoms with Crippen molar-refractivity contribution in [2.45, 2.75) is 32.4 Å². The number of nitrogens with zero attached hydrogens (tertiary/aromatic N) is 3. The van der Waals surface area contributed by atoms with Gasteiger partial charge in [0.15, 0.2) is 0 Å². The number of amides is 1. The van der Waals surface area contributed by atoms with Crippen molar-refractivity contribution in [3.63, 3.8) is 0 Å². The zero-order valence-corrected chi connectivity index (χ0v) is 13.0. The third-order valence-electron chi connectivity index (χ3n) is 4.33. The van der Waals surface area contributed by atoms with E-state index in [1.54, 1.807) is 12.1 Å².